The van der Waals surface area contributed by atoms with Crippen molar-refractivity contribution < 1.29 is 9.59 Å². The van der Waals surface area contributed by atoms with Gasteiger partial charge in [0.25, 0.3) is 0 Å². The molecule has 2 rings (SSSR count). The zero-order valence-corrected chi connectivity index (χ0v) is 13.3. The lowest BCUT2D eigenvalue weighted by Crippen LogP contribution is -2.13. The highest BCUT2D eigenvalue weighted by molar-refractivity contribution is 9.10. The number of aromatic nitrogens is 1. The van der Waals surface area contributed by atoms with Crippen LogP contribution in [0.4, 0.5) is 5.69 Å². The number of Topliss-reactive ketones (excluding diaryl/α,β-unsaturated/α-hetero) is 1. The molecule has 0 unspecified atom stereocenters. The van der Waals surface area contributed by atoms with Crippen molar-refractivity contribution in [2.45, 2.75) is 12.8 Å². The molecule has 1 amide bonds. The number of carbonyl (C=O) groups excluding carboxylic acids is 2. The summed E-state index contributed by atoms with van der Waals surface area (Å²) in [4.78, 5) is 27.7. The molecule has 1 aromatic carbocycles. The van der Waals surface area contributed by atoms with Crippen LogP contribution in [-0.4, -0.2) is 16.7 Å². The highest BCUT2D eigenvalue weighted by Gasteiger charge is 2.10. The molecule has 0 fully saturated rings. The molecule has 0 atom stereocenters. The molecule has 21 heavy (non-hydrogen) atoms. The number of nitrogens with one attached hydrogen (secondary N) is 1. The van der Waals surface area contributed by atoms with E-state index < -0.39 is 0 Å². The number of pyridine rings is 1. The summed E-state index contributed by atoms with van der Waals surface area (Å²) in [6, 6.07) is 10.2. The Hall–Kier alpha value is -1.72. The zero-order valence-electron chi connectivity index (χ0n) is 11.0. The van der Waals surface area contributed by atoms with Crippen molar-refractivity contribution in [2.24, 2.45) is 0 Å². The van der Waals surface area contributed by atoms with Crippen LogP contribution in [0.5, 0.6) is 0 Å². The molecule has 2 aromatic rings. The molecule has 4 nitrogen and oxygen atoms in total. The second kappa shape index (κ2) is 7.33. The van der Waals surface area contributed by atoms with Crippen LogP contribution in [0.2, 0.25) is 5.02 Å². The van der Waals surface area contributed by atoms with Gasteiger partial charge < -0.3 is 5.32 Å². The molecule has 0 aliphatic rings. The Morgan fingerprint density at radius 3 is 2.67 bits per heavy atom. The smallest absolute Gasteiger partial charge is 0.224 e. The lowest BCUT2D eigenvalue weighted by Gasteiger charge is -2.05. The first-order valence-electron chi connectivity index (χ1n) is 6.25. The minimum atomic E-state index is -0.227. The molecule has 0 aliphatic carbocycles. The predicted octanol–water partition coefficient (Wildman–Crippen LogP) is 4.10. The van der Waals surface area contributed by atoms with Crippen molar-refractivity contribution in [2.75, 3.05) is 5.32 Å². The normalized spacial score (nSPS) is 10.2. The molecule has 0 spiro atoms. The van der Waals surface area contributed by atoms with Crippen molar-refractivity contribution in [3.8, 4) is 0 Å². The number of rotatable bonds is 5. The predicted molar refractivity (Wildman–Crippen MR) is 85.6 cm³/mol. The summed E-state index contributed by atoms with van der Waals surface area (Å²) in [6.07, 6.45) is 1.79. The third-order valence-electron chi connectivity index (χ3n) is 2.74. The van der Waals surface area contributed by atoms with Gasteiger partial charge in [-0.1, -0.05) is 23.7 Å². The number of ketones is 1. The fourth-order valence-electron chi connectivity index (χ4n) is 1.71. The minimum absolute atomic E-state index is 0.110. The first-order valence-corrected chi connectivity index (χ1v) is 7.42. The van der Waals surface area contributed by atoms with Crippen LogP contribution in [0.3, 0.4) is 0 Å². The molecule has 108 valence electrons. The standard InChI is InChI=1S/C15H12BrClN2O2/c16-14-6-4-12(9-18-14)19-15(21)7-5-13(20)10-2-1-3-11(17)8-10/h1-4,6,8-9H,5,7H2,(H,19,21). The van der Waals surface area contributed by atoms with E-state index in [1.807, 2.05) is 0 Å². The Bertz CT molecular complexity index is 659. The third kappa shape index (κ3) is 4.95. The lowest BCUT2D eigenvalue weighted by atomic mass is 10.1. The van der Waals surface area contributed by atoms with E-state index in [9.17, 15) is 9.59 Å². The van der Waals surface area contributed by atoms with Gasteiger partial charge in [0.1, 0.15) is 4.60 Å². The SMILES string of the molecule is O=C(CCC(=O)c1cccc(Cl)c1)Nc1ccc(Br)nc1. The number of carbonyl (C=O) groups is 2. The Morgan fingerprint density at radius 2 is 2.00 bits per heavy atom. The lowest BCUT2D eigenvalue weighted by molar-refractivity contribution is -0.116. The molecule has 0 saturated carbocycles. The van der Waals surface area contributed by atoms with E-state index in [0.29, 0.717) is 20.9 Å². The molecular weight excluding hydrogens is 356 g/mol. The van der Waals surface area contributed by atoms with Crippen molar-refractivity contribution in [1.82, 2.24) is 4.98 Å². The first-order chi connectivity index (χ1) is 10.0. The molecule has 1 aromatic heterocycles. The van der Waals surface area contributed by atoms with E-state index in [4.69, 9.17) is 11.6 Å². The summed E-state index contributed by atoms with van der Waals surface area (Å²) >= 11 is 9.04. The highest BCUT2D eigenvalue weighted by Crippen LogP contribution is 2.14. The summed E-state index contributed by atoms with van der Waals surface area (Å²) in [7, 11) is 0. The van der Waals surface area contributed by atoms with Gasteiger partial charge in [-0.25, -0.2) is 4.98 Å². The molecule has 0 radical (unpaired) electrons. The van der Waals surface area contributed by atoms with Crippen molar-refractivity contribution in [1.29, 1.82) is 0 Å². The maximum absolute atomic E-state index is 11.9. The van der Waals surface area contributed by atoms with E-state index in [2.05, 4.69) is 26.2 Å². The van der Waals surface area contributed by atoms with Gasteiger partial charge in [0.2, 0.25) is 5.91 Å². The maximum atomic E-state index is 11.9. The number of amides is 1. The van der Waals surface area contributed by atoms with Gasteiger partial charge in [0.05, 0.1) is 11.9 Å². The first kappa shape index (κ1) is 15.7. The van der Waals surface area contributed by atoms with Gasteiger partial charge >= 0.3 is 0 Å². The Kier molecular flexibility index (Phi) is 5.47. The van der Waals surface area contributed by atoms with E-state index in [1.54, 1.807) is 42.6 Å². The molecule has 0 bridgehead atoms. The Labute approximate surface area is 135 Å². The van der Waals surface area contributed by atoms with Gasteiger partial charge in [-0.3, -0.25) is 9.59 Å². The van der Waals surface area contributed by atoms with Crippen LogP contribution in [0.25, 0.3) is 0 Å². The summed E-state index contributed by atoms with van der Waals surface area (Å²) in [5.74, 6) is -0.337. The Morgan fingerprint density at radius 1 is 1.19 bits per heavy atom. The summed E-state index contributed by atoms with van der Waals surface area (Å²) in [5.41, 5.74) is 1.11. The van der Waals surface area contributed by atoms with E-state index >= 15 is 0 Å². The van der Waals surface area contributed by atoms with Crippen LogP contribution < -0.4 is 5.32 Å². The quantitative estimate of drug-likeness (QED) is 0.639. The summed E-state index contributed by atoms with van der Waals surface area (Å²) in [6.45, 7) is 0. The van der Waals surface area contributed by atoms with E-state index in [1.165, 1.54) is 0 Å². The molecule has 0 aliphatic heterocycles. The molecular formula is C15H12BrClN2O2. The largest absolute Gasteiger partial charge is 0.325 e. The summed E-state index contributed by atoms with van der Waals surface area (Å²) in [5, 5.41) is 3.19. The van der Waals surface area contributed by atoms with Crippen molar-refractivity contribution in [3.63, 3.8) is 0 Å². The fourth-order valence-corrected chi connectivity index (χ4v) is 2.13. The molecule has 0 saturated heterocycles. The van der Waals surface area contributed by atoms with Gasteiger partial charge in [-0.05, 0) is 40.2 Å². The highest BCUT2D eigenvalue weighted by atomic mass is 79.9. The minimum Gasteiger partial charge on any atom is -0.325 e. The topological polar surface area (TPSA) is 59.1 Å². The van der Waals surface area contributed by atoms with Gasteiger partial charge in [0.15, 0.2) is 5.78 Å². The van der Waals surface area contributed by atoms with Crippen LogP contribution in [-0.2, 0) is 4.79 Å². The van der Waals surface area contributed by atoms with Crippen LogP contribution >= 0.6 is 27.5 Å². The van der Waals surface area contributed by atoms with E-state index in [-0.39, 0.29) is 24.5 Å². The Balaban J connectivity index is 1.86. The number of halogens is 2. The number of nitrogens with zero attached hydrogens (tertiary/aromatic N) is 1. The van der Waals surface area contributed by atoms with E-state index in [0.717, 1.165) is 0 Å². The monoisotopic (exact) mass is 366 g/mol. The van der Waals surface area contributed by atoms with Gasteiger partial charge in [0, 0.05) is 23.4 Å². The average molecular weight is 368 g/mol. The van der Waals surface area contributed by atoms with Gasteiger partial charge in [-0.2, -0.15) is 0 Å². The number of hydrogen-bond acceptors (Lipinski definition) is 3. The van der Waals surface area contributed by atoms with Crippen LogP contribution in [0, 0.1) is 0 Å². The fraction of sp³-hybridized carbons (Fsp3) is 0.133. The van der Waals surface area contributed by atoms with Crippen LogP contribution in [0.1, 0.15) is 23.2 Å². The number of anilines is 1. The third-order valence-corrected chi connectivity index (χ3v) is 3.44. The van der Waals surface area contributed by atoms with Crippen molar-refractivity contribution >= 4 is 44.9 Å². The molecule has 1 N–H and O–H groups in total. The zero-order chi connectivity index (χ0) is 15.2. The summed E-state index contributed by atoms with van der Waals surface area (Å²) < 4.78 is 0.691. The number of hydrogen-bond donors (Lipinski definition) is 1. The second-order valence-electron chi connectivity index (χ2n) is 4.35. The van der Waals surface area contributed by atoms with Crippen molar-refractivity contribution in [3.05, 3.63) is 57.8 Å². The molecule has 6 heteroatoms. The van der Waals surface area contributed by atoms with Crippen LogP contribution in [0.15, 0.2) is 47.2 Å². The number of benzene rings is 1. The second-order valence-corrected chi connectivity index (χ2v) is 5.60. The molecule has 1 heterocycles. The average Bonchev–Trinajstić information content (AvgIpc) is 2.47. The maximum Gasteiger partial charge on any atom is 0.224 e. The van der Waals surface area contributed by atoms with Gasteiger partial charge in [-0.15, -0.1) is 0 Å².